The quantitative estimate of drug-likeness (QED) is 0.471. The molecule has 0 bridgehead atoms. The van der Waals surface area contributed by atoms with Crippen molar-refractivity contribution in [3.05, 3.63) is 77.6 Å². The maximum absolute atomic E-state index is 13.3. The molecule has 5 rings (SSSR count). The minimum atomic E-state index is -0.0690. The number of hydrogen-bond acceptors (Lipinski definition) is 7. The second-order valence-corrected chi connectivity index (χ2v) is 7.74. The summed E-state index contributed by atoms with van der Waals surface area (Å²) >= 11 is 5.96. The smallest absolute Gasteiger partial charge is 0.259 e. The number of anilines is 1. The molecule has 2 aromatic heterocycles. The third kappa shape index (κ3) is 4.04. The molecule has 2 aromatic carbocycles. The van der Waals surface area contributed by atoms with Crippen LogP contribution in [0.4, 0.5) is 5.95 Å². The van der Waals surface area contributed by atoms with Gasteiger partial charge in [-0.05, 0) is 42.5 Å². The van der Waals surface area contributed by atoms with Gasteiger partial charge in [0.1, 0.15) is 0 Å². The Bertz CT molecular complexity index is 1220. The maximum Gasteiger partial charge on any atom is 0.259 e. The highest BCUT2D eigenvalue weighted by atomic mass is 35.5. The average Bonchev–Trinajstić information content (AvgIpc) is 3.35. The number of amides is 1. The average molecular weight is 447 g/mol. The summed E-state index contributed by atoms with van der Waals surface area (Å²) in [5.74, 6) is 1.35. The number of piperazine rings is 1. The van der Waals surface area contributed by atoms with Gasteiger partial charge in [-0.2, -0.15) is 4.98 Å². The van der Waals surface area contributed by atoms with E-state index in [0.717, 1.165) is 5.56 Å². The number of carbonyl (C=O) groups is 1. The van der Waals surface area contributed by atoms with E-state index >= 15 is 0 Å². The Morgan fingerprint density at radius 2 is 1.62 bits per heavy atom. The molecule has 0 N–H and O–H groups in total. The van der Waals surface area contributed by atoms with Gasteiger partial charge in [0.2, 0.25) is 11.8 Å². The summed E-state index contributed by atoms with van der Waals surface area (Å²) in [5.41, 5.74) is 1.93. The van der Waals surface area contributed by atoms with Gasteiger partial charge in [0.05, 0.1) is 11.1 Å². The van der Waals surface area contributed by atoms with Gasteiger partial charge in [-0.15, -0.1) is 0 Å². The van der Waals surface area contributed by atoms with Gasteiger partial charge < -0.3 is 14.3 Å². The summed E-state index contributed by atoms with van der Waals surface area (Å²) in [4.78, 5) is 30.3. The van der Waals surface area contributed by atoms with E-state index in [1.165, 1.54) is 0 Å². The van der Waals surface area contributed by atoms with Gasteiger partial charge in [0.15, 0.2) is 0 Å². The fourth-order valence-corrected chi connectivity index (χ4v) is 3.77. The highest BCUT2D eigenvalue weighted by Gasteiger charge is 2.26. The lowest BCUT2D eigenvalue weighted by atomic mass is 10.1. The first-order chi connectivity index (χ1) is 15.7. The maximum atomic E-state index is 13.3. The van der Waals surface area contributed by atoms with Crippen LogP contribution in [0.3, 0.4) is 0 Å². The molecule has 160 valence electrons. The molecular weight excluding hydrogens is 428 g/mol. The Kier molecular flexibility index (Phi) is 5.51. The Labute approximate surface area is 189 Å². The molecule has 8 nitrogen and oxygen atoms in total. The van der Waals surface area contributed by atoms with Crippen LogP contribution in [0, 0.1) is 0 Å². The van der Waals surface area contributed by atoms with Crippen LogP contribution in [0.15, 0.2) is 71.5 Å². The summed E-state index contributed by atoms with van der Waals surface area (Å²) in [6, 6.07) is 16.3. The minimum absolute atomic E-state index is 0.0690. The summed E-state index contributed by atoms with van der Waals surface area (Å²) in [7, 11) is 0. The van der Waals surface area contributed by atoms with Gasteiger partial charge in [0, 0.05) is 49.2 Å². The molecular formula is C23H19ClN6O2. The molecule has 1 aliphatic heterocycles. The number of aromatic nitrogens is 4. The van der Waals surface area contributed by atoms with E-state index in [1.54, 1.807) is 36.7 Å². The van der Waals surface area contributed by atoms with E-state index in [4.69, 9.17) is 16.1 Å². The lowest BCUT2D eigenvalue weighted by Crippen LogP contribution is -2.49. The molecule has 0 saturated carbocycles. The number of carbonyl (C=O) groups excluding carboxylic acids is 1. The molecule has 3 heterocycles. The van der Waals surface area contributed by atoms with Crippen molar-refractivity contribution < 1.29 is 9.32 Å². The second kappa shape index (κ2) is 8.76. The van der Waals surface area contributed by atoms with Crippen LogP contribution in [0.25, 0.3) is 22.8 Å². The highest BCUT2D eigenvalue weighted by Crippen LogP contribution is 2.27. The van der Waals surface area contributed by atoms with E-state index in [9.17, 15) is 4.79 Å². The summed E-state index contributed by atoms with van der Waals surface area (Å²) in [6.07, 6.45) is 3.44. The number of hydrogen-bond donors (Lipinski definition) is 0. The summed E-state index contributed by atoms with van der Waals surface area (Å²) in [6.45, 7) is 2.48. The van der Waals surface area contributed by atoms with E-state index < -0.39 is 0 Å². The molecule has 1 saturated heterocycles. The number of benzene rings is 2. The third-order valence-electron chi connectivity index (χ3n) is 5.32. The van der Waals surface area contributed by atoms with Crippen molar-refractivity contribution in [3.63, 3.8) is 0 Å². The van der Waals surface area contributed by atoms with Gasteiger partial charge >= 0.3 is 0 Å². The molecule has 0 radical (unpaired) electrons. The van der Waals surface area contributed by atoms with Crippen LogP contribution in [-0.4, -0.2) is 57.1 Å². The Morgan fingerprint density at radius 3 is 2.38 bits per heavy atom. The first-order valence-corrected chi connectivity index (χ1v) is 10.6. The Balaban J connectivity index is 1.35. The monoisotopic (exact) mass is 446 g/mol. The first-order valence-electron chi connectivity index (χ1n) is 10.2. The normalized spacial score (nSPS) is 13.9. The molecule has 4 aromatic rings. The van der Waals surface area contributed by atoms with Gasteiger partial charge in [-0.1, -0.05) is 28.9 Å². The molecule has 1 amide bonds. The van der Waals surface area contributed by atoms with Crippen LogP contribution in [-0.2, 0) is 0 Å². The Hall–Kier alpha value is -3.78. The van der Waals surface area contributed by atoms with Crippen molar-refractivity contribution in [1.82, 2.24) is 25.0 Å². The van der Waals surface area contributed by atoms with Crippen molar-refractivity contribution in [2.24, 2.45) is 0 Å². The van der Waals surface area contributed by atoms with Crippen molar-refractivity contribution in [1.29, 1.82) is 0 Å². The molecule has 0 spiro atoms. The van der Waals surface area contributed by atoms with Crippen molar-refractivity contribution in [2.45, 2.75) is 0 Å². The van der Waals surface area contributed by atoms with Crippen LogP contribution in [0.2, 0.25) is 5.02 Å². The van der Waals surface area contributed by atoms with E-state index in [0.29, 0.717) is 60.0 Å². The van der Waals surface area contributed by atoms with Crippen molar-refractivity contribution >= 4 is 23.5 Å². The standard InChI is InChI=1S/C23H19ClN6O2/c24-17-8-6-16(7-9-17)20-27-21(32-28-20)18-4-1-2-5-19(18)22(31)29-12-14-30(15-13-29)23-25-10-3-11-26-23/h1-11H,12-15H2. The van der Waals surface area contributed by atoms with Crippen LogP contribution in [0.5, 0.6) is 0 Å². The van der Waals surface area contributed by atoms with E-state index in [-0.39, 0.29) is 5.91 Å². The fourth-order valence-electron chi connectivity index (χ4n) is 3.64. The lowest BCUT2D eigenvalue weighted by molar-refractivity contribution is 0.0746. The SMILES string of the molecule is O=C(c1ccccc1-c1nc(-c2ccc(Cl)cc2)no1)N1CCN(c2ncccn2)CC1. The van der Waals surface area contributed by atoms with Gasteiger partial charge in [-0.25, -0.2) is 9.97 Å². The van der Waals surface area contributed by atoms with E-state index in [1.807, 2.05) is 35.2 Å². The van der Waals surface area contributed by atoms with Crippen LogP contribution in [0.1, 0.15) is 10.4 Å². The van der Waals surface area contributed by atoms with Crippen LogP contribution < -0.4 is 4.90 Å². The predicted octanol–water partition coefficient (Wildman–Crippen LogP) is 3.81. The zero-order valence-corrected chi connectivity index (χ0v) is 17.8. The first kappa shape index (κ1) is 20.1. The second-order valence-electron chi connectivity index (χ2n) is 7.30. The number of nitrogens with zero attached hydrogens (tertiary/aromatic N) is 6. The summed E-state index contributed by atoms with van der Waals surface area (Å²) < 4.78 is 5.50. The molecule has 9 heteroatoms. The lowest BCUT2D eigenvalue weighted by Gasteiger charge is -2.34. The van der Waals surface area contributed by atoms with Crippen molar-refractivity contribution in [2.75, 3.05) is 31.1 Å². The van der Waals surface area contributed by atoms with Crippen molar-refractivity contribution in [3.8, 4) is 22.8 Å². The zero-order valence-electron chi connectivity index (χ0n) is 17.1. The molecule has 1 fully saturated rings. The number of rotatable bonds is 4. The Morgan fingerprint density at radius 1 is 0.906 bits per heavy atom. The topological polar surface area (TPSA) is 88.3 Å². The molecule has 32 heavy (non-hydrogen) atoms. The third-order valence-corrected chi connectivity index (χ3v) is 5.57. The predicted molar refractivity (Wildman–Crippen MR) is 120 cm³/mol. The fraction of sp³-hybridized carbons (Fsp3) is 0.174. The summed E-state index contributed by atoms with van der Waals surface area (Å²) in [5, 5.41) is 4.71. The van der Waals surface area contributed by atoms with Crippen LogP contribution >= 0.6 is 11.6 Å². The molecule has 1 aliphatic rings. The molecule has 0 atom stereocenters. The van der Waals surface area contributed by atoms with Gasteiger partial charge in [0.25, 0.3) is 11.8 Å². The van der Waals surface area contributed by atoms with Gasteiger partial charge in [-0.3, -0.25) is 4.79 Å². The van der Waals surface area contributed by atoms with E-state index in [2.05, 4.69) is 25.0 Å². The molecule has 0 unspecified atom stereocenters. The highest BCUT2D eigenvalue weighted by molar-refractivity contribution is 6.30. The largest absolute Gasteiger partial charge is 0.337 e. The zero-order chi connectivity index (χ0) is 21.9. The molecule has 0 aliphatic carbocycles. The minimum Gasteiger partial charge on any atom is -0.337 e. The number of halogens is 1.